The average molecular weight is 237 g/mol. The van der Waals surface area contributed by atoms with Crippen LogP contribution in [0.5, 0.6) is 5.75 Å². The van der Waals surface area contributed by atoms with Crippen LogP contribution in [0.3, 0.4) is 0 Å². The first-order valence-electron chi connectivity index (χ1n) is 6.20. The summed E-state index contributed by atoms with van der Waals surface area (Å²) in [4.78, 5) is 0. The highest BCUT2D eigenvalue weighted by Gasteiger charge is 2.25. The number of benzene rings is 1. The van der Waals surface area contributed by atoms with Gasteiger partial charge in [-0.2, -0.15) is 0 Å². The molecule has 0 fully saturated rings. The summed E-state index contributed by atoms with van der Waals surface area (Å²) in [5, 5.41) is 3.48. The number of nitrogens with one attached hydrogen (secondary N) is 1. The van der Waals surface area contributed by atoms with Crippen molar-refractivity contribution < 1.29 is 9.13 Å². The average Bonchev–Trinajstić information content (AvgIpc) is 2.68. The summed E-state index contributed by atoms with van der Waals surface area (Å²) >= 11 is 0. The molecule has 1 aromatic carbocycles. The van der Waals surface area contributed by atoms with E-state index in [1.54, 1.807) is 12.1 Å². The first-order chi connectivity index (χ1) is 8.00. The van der Waals surface area contributed by atoms with E-state index in [0.29, 0.717) is 0 Å². The fourth-order valence-electron chi connectivity index (χ4n) is 1.92. The van der Waals surface area contributed by atoms with Gasteiger partial charge in [-0.25, -0.2) is 4.39 Å². The molecule has 1 aromatic rings. The lowest BCUT2D eigenvalue weighted by atomic mass is 10.0. The van der Waals surface area contributed by atoms with Crippen LogP contribution >= 0.6 is 0 Å². The van der Waals surface area contributed by atoms with Gasteiger partial charge in [0.25, 0.3) is 0 Å². The summed E-state index contributed by atoms with van der Waals surface area (Å²) in [5.41, 5.74) is 1.11. The molecule has 1 heterocycles. The van der Waals surface area contributed by atoms with Gasteiger partial charge in [0.05, 0.1) is 0 Å². The quantitative estimate of drug-likeness (QED) is 0.869. The minimum absolute atomic E-state index is 0.123. The summed E-state index contributed by atoms with van der Waals surface area (Å²) in [6, 6.07) is 4.74. The molecule has 3 heteroatoms. The minimum Gasteiger partial charge on any atom is -0.488 e. The molecule has 1 aliphatic rings. The standard InChI is InChI=1S/C14H20FNO/c1-4-14(2,3)16-9-12-8-10-7-11(15)5-6-13(10)17-12/h5-7,12,16H,4,8-9H2,1-3H3. The molecule has 0 aliphatic carbocycles. The van der Waals surface area contributed by atoms with Crippen molar-refractivity contribution in [2.75, 3.05) is 6.54 Å². The van der Waals surface area contributed by atoms with Gasteiger partial charge < -0.3 is 10.1 Å². The maximum atomic E-state index is 13.0. The fourth-order valence-corrected chi connectivity index (χ4v) is 1.92. The summed E-state index contributed by atoms with van der Waals surface area (Å²) in [6.45, 7) is 7.31. The van der Waals surface area contributed by atoms with E-state index in [1.807, 2.05) is 0 Å². The van der Waals surface area contributed by atoms with Crippen LogP contribution in [0.15, 0.2) is 18.2 Å². The Hall–Kier alpha value is -1.09. The molecule has 0 saturated carbocycles. The van der Waals surface area contributed by atoms with E-state index in [1.165, 1.54) is 6.07 Å². The summed E-state index contributed by atoms with van der Waals surface area (Å²) in [7, 11) is 0. The van der Waals surface area contributed by atoms with E-state index in [2.05, 4.69) is 26.1 Å². The number of fused-ring (bicyclic) bond motifs is 1. The molecule has 0 saturated heterocycles. The molecule has 2 rings (SSSR count). The van der Waals surface area contributed by atoms with Crippen molar-refractivity contribution in [1.29, 1.82) is 0 Å². The highest BCUT2D eigenvalue weighted by molar-refractivity contribution is 5.37. The molecule has 0 amide bonds. The van der Waals surface area contributed by atoms with Crippen molar-refractivity contribution in [2.45, 2.75) is 45.3 Å². The van der Waals surface area contributed by atoms with Gasteiger partial charge in [0, 0.05) is 24.1 Å². The van der Waals surface area contributed by atoms with Crippen LogP contribution in [0.4, 0.5) is 4.39 Å². The van der Waals surface area contributed by atoms with Gasteiger partial charge in [0.1, 0.15) is 17.7 Å². The van der Waals surface area contributed by atoms with E-state index in [0.717, 1.165) is 30.7 Å². The number of hydrogen-bond donors (Lipinski definition) is 1. The summed E-state index contributed by atoms with van der Waals surface area (Å²) in [5.74, 6) is 0.641. The Bertz CT molecular complexity index is 403. The van der Waals surface area contributed by atoms with Gasteiger partial charge in [-0.3, -0.25) is 0 Å². The minimum atomic E-state index is -0.185. The molecule has 94 valence electrons. The Morgan fingerprint density at radius 3 is 2.94 bits per heavy atom. The Morgan fingerprint density at radius 1 is 1.47 bits per heavy atom. The molecule has 0 radical (unpaired) electrons. The van der Waals surface area contributed by atoms with Crippen LogP contribution in [-0.4, -0.2) is 18.2 Å². The lowest BCUT2D eigenvalue weighted by Crippen LogP contribution is -2.43. The van der Waals surface area contributed by atoms with Crippen LogP contribution in [0.25, 0.3) is 0 Å². The third-order valence-corrected chi connectivity index (χ3v) is 3.46. The molecule has 1 N–H and O–H groups in total. The second-order valence-electron chi connectivity index (χ2n) is 5.31. The zero-order valence-corrected chi connectivity index (χ0v) is 10.7. The lowest BCUT2D eigenvalue weighted by molar-refractivity contribution is 0.207. The first kappa shape index (κ1) is 12.4. The molecule has 2 nitrogen and oxygen atoms in total. The zero-order valence-electron chi connectivity index (χ0n) is 10.7. The Kier molecular flexibility index (Phi) is 3.38. The maximum Gasteiger partial charge on any atom is 0.123 e. The van der Waals surface area contributed by atoms with Crippen molar-refractivity contribution in [3.63, 3.8) is 0 Å². The van der Waals surface area contributed by atoms with E-state index in [4.69, 9.17) is 4.74 Å². The van der Waals surface area contributed by atoms with Crippen LogP contribution in [0.1, 0.15) is 32.8 Å². The second-order valence-corrected chi connectivity index (χ2v) is 5.31. The largest absolute Gasteiger partial charge is 0.488 e. The van der Waals surface area contributed by atoms with Crippen molar-refractivity contribution in [2.24, 2.45) is 0 Å². The van der Waals surface area contributed by atoms with E-state index < -0.39 is 0 Å². The van der Waals surface area contributed by atoms with Gasteiger partial charge >= 0.3 is 0 Å². The van der Waals surface area contributed by atoms with Gasteiger partial charge in [-0.1, -0.05) is 6.92 Å². The molecule has 1 atom stereocenters. The third-order valence-electron chi connectivity index (χ3n) is 3.46. The molecule has 0 aromatic heterocycles. The van der Waals surface area contributed by atoms with Gasteiger partial charge in [-0.05, 0) is 38.5 Å². The van der Waals surface area contributed by atoms with Crippen LogP contribution in [0.2, 0.25) is 0 Å². The molecule has 0 spiro atoms. The lowest BCUT2D eigenvalue weighted by Gasteiger charge is -2.26. The summed E-state index contributed by atoms with van der Waals surface area (Å²) < 4.78 is 18.8. The van der Waals surface area contributed by atoms with E-state index in [-0.39, 0.29) is 17.5 Å². The van der Waals surface area contributed by atoms with Crippen LogP contribution in [0, 0.1) is 5.82 Å². The molecule has 1 aliphatic heterocycles. The number of hydrogen-bond acceptors (Lipinski definition) is 2. The monoisotopic (exact) mass is 237 g/mol. The topological polar surface area (TPSA) is 21.3 Å². The van der Waals surface area contributed by atoms with Crippen molar-refractivity contribution in [3.8, 4) is 5.75 Å². The smallest absolute Gasteiger partial charge is 0.123 e. The SMILES string of the molecule is CCC(C)(C)NCC1Cc2cc(F)ccc2O1. The second kappa shape index (κ2) is 4.65. The van der Waals surface area contributed by atoms with Crippen LogP contribution < -0.4 is 10.1 Å². The van der Waals surface area contributed by atoms with Crippen molar-refractivity contribution in [1.82, 2.24) is 5.32 Å². The highest BCUT2D eigenvalue weighted by atomic mass is 19.1. The van der Waals surface area contributed by atoms with E-state index in [9.17, 15) is 4.39 Å². The molecular weight excluding hydrogens is 217 g/mol. The van der Waals surface area contributed by atoms with Gasteiger partial charge in [-0.15, -0.1) is 0 Å². The van der Waals surface area contributed by atoms with Gasteiger partial charge in [0.15, 0.2) is 0 Å². The fraction of sp³-hybridized carbons (Fsp3) is 0.571. The normalized spacial score (nSPS) is 18.9. The Morgan fingerprint density at radius 2 is 2.24 bits per heavy atom. The number of halogens is 1. The number of rotatable bonds is 4. The molecule has 0 bridgehead atoms. The van der Waals surface area contributed by atoms with Crippen molar-refractivity contribution in [3.05, 3.63) is 29.6 Å². The zero-order chi connectivity index (χ0) is 12.5. The predicted molar refractivity (Wildman–Crippen MR) is 66.9 cm³/mol. The predicted octanol–water partition coefficient (Wildman–Crippen LogP) is 2.91. The molecular formula is C14H20FNO. The van der Waals surface area contributed by atoms with Gasteiger partial charge in [0.2, 0.25) is 0 Å². The Balaban J connectivity index is 1.92. The molecule has 1 unspecified atom stereocenters. The maximum absolute atomic E-state index is 13.0. The van der Waals surface area contributed by atoms with E-state index >= 15 is 0 Å². The Labute approximate surface area is 102 Å². The van der Waals surface area contributed by atoms with Crippen molar-refractivity contribution >= 4 is 0 Å². The third kappa shape index (κ3) is 2.97. The number of ether oxygens (including phenoxy) is 1. The summed E-state index contributed by atoms with van der Waals surface area (Å²) in [6.07, 6.45) is 1.99. The highest BCUT2D eigenvalue weighted by Crippen LogP contribution is 2.29. The van der Waals surface area contributed by atoms with Crippen LogP contribution in [-0.2, 0) is 6.42 Å². The molecule has 17 heavy (non-hydrogen) atoms. The first-order valence-corrected chi connectivity index (χ1v) is 6.20.